The van der Waals surface area contributed by atoms with Gasteiger partial charge in [-0.25, -0.2) is 0 Å². The fourth-order valence-electron chi connectivity index (χ4n) is 3.50. The average molecular weight is 385 g/mol. The van der Waals surface area contributed by atoms with Crippen LogP contribution < -0.4 is 4.74 Å². The zero-order chi connectivity index (χ0) is 18.6. The van der Waals surface area contributed by atoms with Crippen molar-refractivity contribution in [1.82, 2.24) is 25.0 Å². The number of thioether (sulfide) groups is 1. The Bertz CT molecular complexity index is 884. The molecule has 0 atom stereocenters. The van der Waals surface area contributed by atoms with Gasteiger partial charge in [-0.05, 0) is 37.1 Å². The normalized spacial score (nSPS) is 15.2. The summed E-state index contributed by atoms with van der Waals surface area (Å²) in [6, 6.07) is 8.43. The Balaban J connectivity index is 1.64. The molecule has 1 fully saturated rings. The van der Waals surface area contributed by atoms with Gasteiger partial charge < -0.3 is 9.15 Å². The van der Waals surface area contributed by atoms with Crippen LogP contribution in [0.4, 0.5) is 0 Å². The van der Waals surface area contributed by atoms with Crippen LogP contribution in [0.1, 0.15) is 49.9 Å². The van der Waals surface area contributed by atoms with Crippen LogP contribution in [0.15, 0.2) is 33.8 Å². The fourth-order valence-corrected chi connectivity index (χ4v) is 4.35. The molecule has 0 bridgehead atoms. The van der Waals surface area contributed by atoms with E-state index in [4.69, 9.17) is 9.15 Å². The van der Waals surface area contributed by atoms with E-state index in [1.807, 2.05) is 24.3 Å². The number of benzene rings is 1. The third kappa shape index (κ3) is 4.00. The summed E-state index contributed by atoms with van der Waals surface area (Å²) in [5.41, 5.74) is 1.05. The number of rotatable bonds is 6. The number of hydrogen-bond donors (Lipinski definition) is 0. The first-order valence-corrected chi connectivity index (χ1v) is 10.2. The monoisotopic (exact) mass is 385 g/mol. The molecule has 2 heterocycles. The smallest absolute Gasteiger partial charge is 0.226 e. The van der Waals surface area contributed by atoms with Crippen molar-refractivity contribution in [1.29, 1.82) is 0 Å². The van der Waals surface area contributed by atoms with E-state index in [1.165, 1.54) is 19.3 Å². The minimum absolute atomic E-state index is 0.428. The molecule has 3 aromatic rings. The molecule has 1 aliphatic carbocycles. The maximum absolute atomic E-state index is 5.49. The van der Waals surface area contributed by atoms with Crippen LogP contribution in [0, 0.1) is 6.92 Å². The van der Waals surface area contributed by atoms with E-state index in [1.54, 1.807) is 25.8 Å². The van der Waals surface area contributed by atoms with E-state index in [9.17, 15) is 0 Å². The van der Waals surface area contributed by atoms with Gasteiger partial charge in [0.1, 0.15) is 5.75 Å². The van der Waals surface area contributed by atoms with Crippen molar-refractivity contribution in [2.24, 2.45) is 0 Å². The molecule has 0 N–H and O–H groups in total. The van der Waals surface area contributed by atoms with Crippen LogP contribution in [0.2, 0.25) is 0 Å². The molecule has 0 spiro atoms. The Morgan fingerprint density at radius 3 is 2.52 bits per heavy atom. The molecule has 2 aromatic heterocycles. The van der Waals surface area contributed by atoms with Crippen LogP contribution >= 0.6 is 11.8 Å². The first-order chi connectivity index (χ1) is 13.2. The Kier molecular flexibility index (Phi) is 5.42. The van der Waals surface area contributed by atoms with Crippen molar-refractivity contribution in [3.8, 4) is 17.1 Å². The molecule has 0 aliphatic heterocycles. The maximum atomic E-state index is 5.49. The largest absolute Gasteiger partial charge is 0.497 e. The SMILES string of the molecule is COc1ccc(-c2nnc(SCc3nnc(C)o3)n2C2CCCCC2)cc1. The molecule has 8 heteroatoms. The van der Waals surface area contributed by atoms with Gasteiger partial charge in [-0.2, -0.15) is 0 Å². The topological polar surface area (TPSA) is 78.9 Å². The summed E-state index contributed by atoms with van der Waals surface area (Å²) >= 11 is 1.60. The molecule has 0 amide bonds. The first kappa shape index (κ1) is 18.0. The molecule has 0 saturated heterocycles. The van der Waals surface area contributed by atoms with Crippen molar-refractivity contribution in [2.75, 3.05) is 7.11 Å². The number of aromatic nitrogens is 5. The Hall–Kier alpha value is -2.35. The highest BCUT2D eigenvalue weighted by Crippen LogP contribution is 2.36. The Morgan fingerprint density at radius 1 is 1.07 bits per heavy atom. The van der Waals surface area contributed by atoms with Crippen LogP contribution in [-0.2, 0) is 5.75 Å². The summed E-state index contributed by atoms with van der Waals surface area (Å²) in [6.45, 7) is 1.80. The summed E-state index contributed by atoms with van der Waals surface area (Å²) < 4.78 is 13.1. The molecular formula is C19H23N5O2S. The predicted octanol–water partition coefficient (Wildman–Crippen LogP) is 4.44. The second-order valence-corrected chi connectivity index (χ2v) is 7.64. The van der Waals surface area contributed by atoms with Gasteiger partial charge in [0.25, 0.3) is 0 Å². The molecule has 7 nitrogen and oxygen atoms in total. The van der Waals surface area contributed by atoms with E-state index < -0.39 is 0 Å². The molecule has 142 valence electrons. The van der Waals surface area contributed by atoms with Crippen molar-refractivity contribution in [3.05, 3.63) is 36.0 Å². The van der Waals surface area contributed by atoms with Gasteiger partial charge in [0.05, 0.1) is 12.9 Å². The highest BCUT2D eigenvalue weighted by Gasteiger charge is 2.24. The number of methoxy groups -OCH3 is 1. The van der Waals surface area contributed by atoms with Crippen molar-refractivity contribution >= 4 is 11.8 Å². The zero-order valence-corrected chi connectivity index (χ0v) is 16.4. The quantitative estimate of drug-likeness (QED) is 0.580. The van der Waals surface area contributed by atoms with E-state index in [0.717, 1.165) is 35.1 Å². The molecule has 0 unspecified atom stereocenters. The minimum Gasteiger partial charge on any atom is -0.497 e. The van der Waals surface area contributed by atoms with Gasteiger partial charge in [0.15, 0.2) is 11.0 Å². The van der Waals surface area contributed by atoms with E-state index in [2.05, 4.69) is 25.0 Å². The first-order valence-electron chi connectivity index (χ1n) is 9.25. The summed E-state index contributed by atoms with van der Waals surface area (Å²) in [4.78, 5) is 0. The number of hydrogen-bond acceptors (Lipinski definition) is 7. The summed E-state index contributed by atoms with van der Waals surface area (Å²) in [7, 11) is 1.67. The lowest BCUT2D eigenvalue weighted by Crippen LogP contribution is -2.15. The maximum Gasteiger partial charge on any atom is 0.226 e. The average Bonchev–Trinajstić information content (AvgIpc) is 3.33. The molecule has 1 aromatic carbocycles. The standard InChI is InChI=1S/C19H23N5O2S/c1-13-20-21-17(26-13)12-27-19-23-22-18(14-8-10-16(25-2)11-9-14)24(19)15-6-4-3-5-7-15/h8-11,15H,3-7,12H2,1-2H3. The third-order valence-corrected chi connectivity index (χ3v) is 5.77. The number of nitrogens with zero attached hydrogens (tertiary/aromatic N) is 5. The van der Waals surface area contributed by atoms with Crippen molar-refractivity contribution in [2.45, 2.75) is 56.0 Å². The lowest BCUT2D eigenvalue weighted by Gasteiger charge is -2.25. The number of ether oxygens (including phenoxy) is 1. The summed E-state index contributed by atoms with van der Waals surface area (Å²) in [6.07, 6.45) is 6.12. The summed E-state index contributed by atoms with van der Waals surface area (Å²) in [5.74, 6) is 3.53. The number of aryl methyl sites for hydroxylation is 1. The Labute approximate surface area is 162 Å². The molecule has 4 rings (SSSR count). The second kappa shape index (κ2) is 8.12. The van der Waals surface area contributed by atoms with E-state index >= 15 is 0 Å². The van der Waals surface area contributed by atoms with Gasteiger partial charge in [0.2, 0.25) is 11.8 Å². The molecule has 1 aliphatic rings. The van der Waals surface area contributed by atoms with E-state index in [-0.39, 0.29) is 0 Å². The van der Waals surface area contributed by atoms with Crippen molar-refractivity contribution < 1.29 is 9.15 Å². The molecule has 1 saturated carbocycles. The third-order valence-electron chi connectivity index (χ3n) is 4.85. The fraction of sp³-hybridized carbons (Fsp3) is 0.474. The Morgan fingerprint density at radius 2 is 1.85 bits per heavy atom. The van der Waals surface area contributed by atoms with Crippen LogP contribution in [0.3, 0.4) is 0 Å². The highest BCUT2D eigenvalue weighted by molar-refractivity contribution is 7.98. The van der Waals surface area contributed by atoms with Gasteiger partial charge in [-0.3, -0.25) is 4.57 Å². The van der Waals surface area contributed by atoms with Crippen LogP contribution in [-0.4, -0.2) is 32.1 Å². The van der Waals surface area contributed by atoms with Gasteiger partial charge in [-0.1, -0.05) is 31.0 Å². The lowest BCUT2D eigenvalue weighted by molar-refractivity contribution is 0.339. The molecule has 27 heavy (non-hydrogen) atoms. The van der Waals surface area contributed by atoms with Gasteiger partial charge in [-0.15, -0.1) is 20.4 Å². The minimum atomic E-state index is 0.428. The summed E-state index contributed by atoms with van der Waals surface area (Å²) in [5, 5.41) is 17.9. The van der Waals surface area contributed by atoms with Gasteiger partial charge in [0, 0.05) is 18.5 Å². The van der Waals surface area contributed by atoms with E-state index in [0.29, 0.717) is 23.6 Å². The molecular weight excluding hydrogens is 362 g/mol. The molecule has 0 radical (unpaired) electrons. The lowest BCUT2D eigenvalue weighted by atomic mass is 9.95. The van der Waals surface area contributed by atoms with Crippen LogP contribution in [0.5, 0.6) is 5.75 Å². The predicted molar refractivity (Wildman–Crippen MR) is 103 cm³/mol. The highest BCUT2D eigenvalue weighted by atomic mass is 32.2. The van der Waals surface area contributed by atoms with Crippen LogP contribution in [0.25, 0.3) is 11.4 Å². The van der Waals surface area contributed by atoms with Crippen molar-refractivity contribution in [3.63, 3.8) is 0 Å². The van der Waals surface area contributed by atoms with Gasteiger partial charge >= 0.3 is 0 Å². The zero-order valence-electron chi connectivity index (χ0n) is 15.6. The second-order valence-electron chi connectivity index (χ2n) is 6.70.